The van der Waals surface area contributed by atoms with Crippen LogP contribution in [0.2, 0.25) is 5.02 Å². The molecular formula is C17H26Cl2N4O. The zero-order chi connectivity index (χ0) is 16.2. The van der Waals surface area contributed by atoms with Crippen LogP contribution in [0.3, 0.4) is 0 Å². The number of aryl methyl sites for hydroxylation is 1. The van der Waals surface area contributed by atoms with Crippen LogP contribution in [-0.2, 0) is 4.79 Å². The van der Waals surface area contributed by atoms with Gasteiger partial charge in [0.1, 0.15) is 0 Å². The van der Waals surface area contributed by atoms with Gasteiger partial charge in [-0.15, -0.1) is 12.4 Å². The van der Waals surface area contributed by atoms with Gasteiger partial charge in [0.05, 0.1) is 6.54 Å². The van der Waals surface area contributed by atoms with Crippen LogP contribution in [0.25, 0.3) is 0 Å². The van der Waals surface area contributed by atoms with Gasteiger partial charge in [-0.25, -0.2) is 0 Å². The highest BCUT2D eigenvalue weighted by Gasteiger charge is 2.26. The first-order valence-electron chi connectivity index (χ1n) is 8.35. The number of hydrogen-bond donors (Lipinski definition) is 2. The molecule has 0 aromatic heterocycles. The lowest BCUT2D eigenvalue weighted by molar-refractivity contribution is -0.117. The molecule has 134 valence electrons. The maximum atomic E-state index is 12.2. The topological polar surface area (TPSA) is 47.6 Å². The Balaban J connectivity index is 0.00000208. The van der Waals surface area contributed by atoms with Gasteiger partial charge < -0.3 is 10.6 Å². The van der Waals surface area contributed by atoms with Crippen LogP contribution in [0, 0.1) is 6.92 Å². The van der Waals surface area contributed by atoms with Crippen molar-refractivity contribution in [1.82, 2.24) is 15.1 Å². The van der Waals surface area contributed by atoms with E-state index in [2.05, 4.69) is 20.4 Å². The second-order valence-corrected chi connectivity index (χ2v) is 6.88. The minimum Gasteiger partial charge on any atom is -0.325 e. The molecule has 3 rings (SSSR count). The maximum absolute atomic E-state index is 12.2. The van der Waals surface area contributed by atoms with E-state index in [0.717, 1.165) is 50.5 Å². The smallest absolute Gasteiger partial charge is 0.238 e. The van der Waals surface area contributed by atoms with E-state index in [1.165, 1.54) is 6.42 Å². The van der Waals surface area contributed by atoms with Crippen molar-refractivity contribution < 1.29 is 4.79 Å². The fourth-order valence-corrected chi connectivity index (χ4v) is 3.49. The van der Waals surface area contributed by atoms with Crippen LogP contribution in [-0.4, -0.2) is 67.6 Å². The fourth-order valence-electron chi connectivity index (χ4n) is 3.31. The first-order valence-corrected chi connectivity index (χ1v) is 8.73. The van der Waals surface area contributed by atoms with Crippen LogP contribution < -0.4 is 10.6 Å². The summed E-state index contributed by atoms with van der Waals surface area (Å²) in [5.41, 5.74) is 1.78. The Hall–Kier alpha value is -0.850. The Morgan fingerprint density at radius 3 is 2.71 bits per heavy atom. The van der Waals surface area contributed by atoms with E-state index in [4.69, 9.17) is 11.6 Å². The molecule has 2 heterocycles. The van der Waals surface area contributed by atoms with Gasteiger partial charge in [-0.2, -0.15) is 0 Å². The molecule has 0 saturated carbocycles. The number of carbonyl (C=O) groups is 1. The van der Waals surface area contributed by atoms with Gasteiger partial charge in [0.2, 0.25) is 5.91 Å². The number of piperazine rings is 1. The van der Waals surface area contributed by atoms with Crippen molar-refractivity contribution in [3.63, 3.8) is 0 Å². The normalized spacial score (nSPS) is 22.2. The van der Waals surface area contributed by atoms with E-state index in [-0.39, 0.29) is 18.3 Å². The lowest BCUT2D eigenvalue weighted by Gasteiger charge is -2.37. The van der Waals surface area contributed by atoms with Gasteiger partial charge in [0.25, 0.3) is 0 Å². The molecular weight excluding hydrogens is 347 g/mol. The number of benzene rings is 1. The molecule has 0 aliphatic carbocycles. The van der Waals surface area contributed by atoms with Gasteiger partial charge in [-0.05, 0) is 37.6 Å². The van der Waals surface area contributed by atoms with Crippen molar-refractivity contribution in [3.8, 4) is 0 Å². The van der Waals surface area contributed by atoms with E-state index < -0.39 is 0 Å². The average molecular weight is 373 g/mol. The SMILES string of the molecule is Cc1ccc(NC(=O)CN2CCN(C3CCNC3)CC2)cc1Cl.Cl. The Morgan fingerprint density at radius 2 is 2.08 bits per heavy atom. The first-order chi connectivity index (χ1) is 11.1. The Morgan fingerprint density at radius 1 is 1.33 bits per heavy atom. The van der Waals surface area contributed by atoms with Gasteiger partial charge >= 0.3 is 0 Å². The van der Waals surface area contributed by atoms with Crippen LogP contribution in [0.15, 0.2) is 18.2 Å². The van der Waals surface area contributed by atoms with Crippen molar-refractivity contribution in [3.05, 3.63) is 28.8 Å². The van der Waals surface area contributed by atoms with Crippen LogP contribution in [0.5, 0.6) is 0 Å². The number of nitrogens with zero attached hydrogens (tertiary/aromatic N) is 2. The van der Waals surface area contributed by atoms with Crippen molar-refractivity contribution in [2.24, 2.45) is 0 Å². The molecule has 1 aromatic rings. The van der Waals surface area contributed by atoms with Crippen LogP contribution in [0.1, 0.15) is 12.0 Å². The minimum atomic E-state index is 0. The summed E-state index contributed by atoms with van der Waals surface area (Å²) in [5, 5.41) is 7.04. The van der Waals surface area contributed by atoms with Gasteiger partial charge in [-0.1, -0.05) is 17.7 Å². The third-order valence-electron chi connectivity index (χ3n) is 4.78. The Bertz CT molecular complexity index is 556. The maximum Gasteiger partial charge on any atom is 0.238 e. The van der Waals surface area contributed by atoms with E-state index >= 15 is 0 Å². The number of nitrogens with one attached hydrogen (secondary N) is 2. The quantitative estimate of drug-likeness (QED) is 0.848. The summed E-state index contributed by atoms with van der Waals surface area (Å²) in [4.78, 5) is 17.0. The summed E-state index contributed by atoms with van der Waals surface area (Å²) in [7, 11) is 0. The van der Waals surface area contributed by atoms with Crippen LogP contribution >= 0.6 is 24.0 Å². The molecule has 2 N–H and O–H groups in total. The highest BCUT2D eigenvalue weighted by Crippen LogP contribution is 2.20. The minimum absolute atomic E-state index is 0. The summed E-state index contributed by atoms with van der Waals surface area (Å²) in [6.45, 7) is 8.65. The predicted octanol–water partition coefficient (Wildman–Crippen LogP) is 1.99. The van der Waals surface area contributed by atoms with Gasteiger partial charge in [0.15, 0.2) is 0 Å². The zero-order valence-electron chi connectivity index (χ0n) is 14.1. The standard InChI is InChI=1S/C17H25ClN4O.ClH/c1-13-2-3-14(10-16(13)18)20-17(23)12-21-6-8-22(9-7-21)15-4-5-19-11-15;/h2-3,10,15,19H,4-9,11-12H2,1H3,(H,20,23);1H. The second kappa shape index (κ2) is 9.02. The Kier molecular flexibility index (Phi) is 7.32. The average Bonchev–Trinajstić information content (AvgIpc) is 3.06. The molecule has 1 amide bonds. The number of halogens is 2. The summed E-state index contributed by atoms with van der Waals surface area (Å²) < 4.78 is 0. The molecule has 1 atom stereocenters. The molecule has 2 aliphatic rings. The molecule has 24 heavy (non-hydrogen) atoms. The second-order valence-electron chi connectivity index (χ2n) is 6.47. The predicted molar refractivity (Wildman–Crippen MR) is 101 cm³/mol. The van der Waals surface area contributed by atoms with E-state index in [1.807, 2.05) is 19.1 Å². The molecule has 7 heteroatoms. The number of amides is 1. The molecule has 2 aliphatic heterocycles. The highest BCUT2D eigenvalue weighted by atomic mass is 35.5. The number of rotatable bonds is 4. The van der Waals surface area contributed by atoms with E-state index in [9.17, 15) is 4.79 Å². The molecule has 1 unspecified atom stereocenters. The number of anilines is 1. The zero-order valence-corrected chi connectivity index (χ0v) is 15.6. The third kappa shape index (κ3) is 5.07. The summed E-state index contributed by atoms with van der Waals surface area (Å²) >= 11 is 6.10. The van der Waals surface area contributed by atoms with Gasteiger partial charge in [0, 0.05) is 49.5 Å². The Labute approximate surface area is 155 Å². The summed E-state index contributed by atoms with van der Waals surface area (Å²) in [6.07, 6.45) is 1.24. The molecule has 0 spiro atoms. The summed E-state index contributed by atoms with van der Waals surface area (Å²) in [5.74, 6) is 0.0286. The molecule has 2 saturated heterocycles. The van der Waals surface area contributed by atoms with E-state index in [0.29, 0.717) is 17.6 Å². The third-order valence-corrected chi connectivity index (χ3v) is 5.19. The molecule has 0 bridgehead atoms. The van der Waals surface area contributed by atoms with Gasteiger partial charge in [-0.3, -0.25) is 14.6 Å². The summed E-state index contributed by atoms with van der Waals surface area (Å²) in [6, 6.07) is 6.30. The molecule has 2 fully saturated rings. The molecule has 0 radical (unpaired) electrons. The van der Waals surface area contributed by atoms with Crippen molar-refractivity contribution in [2.75, 3.05) is 51.1 Å². The van der Waals surface area contributed by atoms with Crippen LogP contribution in [0.4, 0.5) is 5.69 Å². The number of carbonyl (C=O) groups excluding carboxylic acids is 1. The molecule has 1 aromatic carbocycles. The van der Waals surface area contributed by atoms with Crippen molar-refractivity contribution in [2.45, 2.75) is 19.4 Å². The lowest BCUT2D eigenvalue weighted by Crippen LogP contribution is -2.52. The van der Waals surface area contributed by atoms with Crippen molar-refractivity contribution in [1.29, 1.82) is 0 Å². The van der Waals surface area contributed by atoms with E-state index in [1.54, 1.807) is 6.07 Å². The highest BCUT2D eigenvalue weighted by molar-refractivity contribution is 6.31. The molecule has 5 nitrogen and oxygen atoms in total. The number of hydrogen-bond acceptors (Lipinski definition) is 4. The largest absolute Gasteiger partial charge is 0.325 e. The fraction of sp³-hybridized carbons (Fsp3) is 0.588. The monoisotopic (exact) mass is 372 g/mol. The lowest BCUT2D eigenvalue weighted by atomic mass is 10.2. The van der Waals surface area contributed by atoms with Crippen molar-refractivity contribution >= 4 is 35.6 Å². The first kappa shape index (κ1) is 19.5.